The van der Waals surface area contributed by atoms with Gasteiger partial charge in [0.15, 0.2) is 0 Å². The number of carbonyl (C=O) groups excluding carboxylic acids is 1. The molecule has 1 saturated heterocycles. The number of halogens is 1. The van der Waals surface area contributed by atoms with Gasteiger partial charge in [-0.25, -0.2) is 13.1 Å². The summed E-state index contributed by atoms with van der Waals surface area (Å²) < 4.78 is 27.3. The largest absolute Gasteiger partial charge is 0.351 e. The molecular weight excluding hydrogens is 442 g/mol. The third-order valence-corrected chi connectivity index (χ3v) is 9.04. The van der Waals surface area contributed by atoms with Crippen LogP contribution in [0.3, 0.4) is 0 Å². The fourth-order valence-electron chi connectivity index (χ4n) is 4.01. The van der Waals surface area contributed by atoms with Crippen molar-refractivity contribution in [3.63, 3.8) is 0 Å². The van der Waals surface area contributed by atoms with Crippen molar-refractivity contribution in [3.05, 3.63) is 51.9 Å². The Morgan fingerprint density at radius 3 is 2.37 bits per heavy atom. The lowest BCUT2D eigenvalue weighted by molar-refractivity contribution is 0.0954. The van der Waals surface area contributed by atoms with Crippen molar-refractivity contribution < 1.29 is 13.2 Å². The van der Waals surface area contributed by atoms with Crippen molar-refractivity contribution in [2.24, 2.45) is 0 Å². The van der Waals surface area contributed by atoms with Crippen molar-refractivity contribution in [3.8, 4) is 0 Å². The number of amides is 1. The molecule has 0 unspecified atom stereocenters. The Kier molecular flexibility index (Phi) is 6.50. The molecule has 2 fully saturated rings. The first-order chi connectivity index (χ1) is 14.4. The van der Waals surface area contributed by atoms with Crippen LogP contribution in [0.1, 0.15) is 41.6 Å². The van der Waals surface area contributed by atoms with Crippen LogP contribution in [-0.2, 0) is 15.4 Å². The van der Waals surface area contributed by atoms with E-state index in [1.165, 1.54) is 50.4 Å². The molecule has 1 aromatic carbocycles. The molecule has 2 aromatic rings. The second-order valence-corrected chi connectivity index (χ2v) is 11.8. The molecule has 4 rings (SSSR count). The van der Waals surface area contributed by atoms with Gasteiger partial charge >= 0.3 is 0 Å². The van der Waals surface area contributed by atoms with Crippen molar-refractivity contribution in [1.82, 2.24) is 14.9 Å². The molecule has 0 radical (unpaired) electrons. The molecule has 6 nitrogen and oxygen atoms in total. The van der Waals surface area contributed by atoms with Crippen LogP contribution in [0.5, 0.6) is 0 Å². The first kappa shape index (κ1) is 21.8. The minimum Gasteiger partial charge on any atom is -0.351 e. The summed E-state index contributed by atoms with van der Waals surface area (Å²) >= 11 is 6.79. The highest BCUT2D eigenvalue weighted by Gasteiger charge is 2.45. The minimum absolute atomic E-state index is 0.112. The molecule has 2 N–H and O–H groups in total. The van der Waals surface area contributed by atoms with Crippen LogP contribution in [0.15, 0.2) is 40.6 Å². The second kappa shape index (κ2) is 8.96. The maximum Gasteiger partial charge on any atom is 0.251 e. The highest BCUT2D eigenvalue weighted by molar-refractivity contribution is 7.91. The summed E-state index contributed by atoms with van der Waals surface area (Å²) in [6.45, 7) is 3.84. The van der Waals surface area contributed by atoms with Gasteiger partial charge in [0, 0.05) is 30.6 Å². The third-order valence-electron chi connectivity index (χ3n) is 5.85. The molecule has 0 spiro atoms. The fourth-order valence-corrected chi connectivity index (χ4v) is 6.57. The predicted octanol–water partition coefficient (Wildman–Crippen LogP) is 3.24. The summed E-state index contributed by atoms with van der Waals surface area (Å²) in [5.41, 5.74) is 2.17. The van der Waals surface area contributed by atoms with Gasteiger partial charge in [0.25, 0.3) is 5.91 Å². The topological polar surface area (TPSA) is 78.5 Å². The summed E-state index contributed by atoms with van der Waals surface area (Å²) in [4.78, 5) is 14.9. The Labute approximate surface area is 186 Å². The van der Waals surface area contributed by atoms with Gasteiger partial charge in [0.1, 0.15) is 4.21 Å². The molecule has 1 amide bonds. The van der Waals surface area contributed by atoms with Crippen molar-refractivity contribution in [2.45, 2.75) is 35.3 Å². The second-order valence-electron chi connectivity index (χ2n) is 8.05. The molecule has 1 aliphatic carbocycles. The number of likely N-dealkylation sites (tertiary alicyclic amines) is 1. The van der Waals surface area contributed by atoms with Gasteiger partial charge in [0.2, 0.25) is 10.0 Å². The van der Waals surface area contributed by atoms with Gasteiger partial charge in [-0.2, -0.15) is 0 Å². The summed E-state index contributed by atoms with van der Waals surface area (Å²) in [7, 11) is -3.60. The minimum atomic E-state index is -3.60. The van der Waals surface area contributed by atoms with Gasteiger partial charge in [-0.1, -0.05) is 23.7 Å². The summed E-state index contributed by atoms with van der Waals surface area (Å²) in [5.74, 6) is -0.204. The van der Waals surface area contributed by atoms with Crippen LogP contribution in [-0.4, -0.2) is 51.9 Å². The quantitative estimate of drug-likeness (QED) is 0.555. The van der Waals surface area contributed by atoms with Crippen LogP contribution in [0.2, 0.25) is 4.34 Å². The molecule has 9 heteroatoms. The summed E-state index contributed by atoms with van der Waals surface area (Å²) in [5, 5.41) is 2.76. The number of nitrogens with one attached hydrogen (secondary N) is 2. The van der Waals surface area contributed by atoms with E-state index in [1.54, 1.807) is 6.07 Å². The van der Waals surface area contributed by atoms with Gasteiger partial charge < -0.3 is 10.2 Å². The zero-order valence-electron chi connectivity index (χ0n) is 16.7. The van der Waals surface area contributed by atoms with E-state index in [2.05, 4.69) is 27.1 Å². The number of hydrogen-bond acceptors (Lipinski definition) is 5. The van der Waals surface area contributed by atoms with Crippen LogP contribution in [0.25, 0.3) is 0 Å². The van der Waals surface area contributed by atoms with Crippen LogP contribution in [0, 0.1) is 0 Å². The van der Waals surface area contributed by atoms with Gasteiger partial charge in [-0.05, 0) is 68.6 Å². The van der Waals surface area contributed by atoms with Gasteiger partial charge in [0.05, 0.1) is 4.34 Å². The maximum atomic E-state index is 12.4. The highest BCUT2D eigenvalue weighted by Crippen LogP contribution is 2.49. The first-order valence-corrected chi connectivity index (χ1v) is 12.9. The Balaban J connectivity index is 1.26. The molecule has 1 saturated carbocycles. The zero-order valence-corrected chi connectivity index (χ0v) is 19.1. The fraction of sp³-hybridized carbons (Fsp3) is 0.476. The Hall–Kier alpha value is -1.45. The molecule has 1 aliphatic heterocycles. The lowest BCUT2D eigenvalue weighted by Crippen LogP contribution is -2.34. The van der Waals surface area contributed by atoms with E-state index in [0.717, 1.165) is 17.9 Å². The Morgan fingerprint density at radius 2 is 1.77 bits per heavy atom. The SMILES string of the molecule is O=C(NCCNS(=O)(=O)c1ccc(Cl)s1)c1ccc(C2(CN3CCCC3)CC2)cc1. The number of rotatable bonds is 9. The van der Waals surface area contributed by atoms with Gasteiger partial charge in [-0.15, -0.1) is 11.3 Å². The number of thiophene rings is 1. The molecule has 1 aromatic heterocycles. The molecule has 162 valence electrons. The van der Waals surface area contributed by atoms with Crippen LogP contribution in [0.4, 0.5) is 0 Å². The smallest absolute Gasteiger partial charge is 0.251 e. The zero-order chi connectivity index (χ0) is 21.2. The molecule has 0 atom stereocenters. The lowest BCUT2D eigenvalue weighted by atomic mass is 9.94. The Morgan fingerprint density at radius 1 is 1.07 bits per heavy atom. The van der Waals surface area contributed by atoms with Crippen LogP contribution < -0.4 is 10.0 Å². The monoisotopic (exact) mass is 467 g/mol. The third kappa shape index (κ3) is 5.06. The molecule has 0 bridgehead atoms. The normalized spacial score (nSPS) is 18.4. The van der Waals surface area contributed by atoms with Crippen LogP contribution >= 0.6 is 22.9 Å². The first-order valence-electron chi connectivity index (χ1n) is 10.2. The lowest BCUT2D eigenvalue weighted by Gasteiger charge is -2.23. The number of sulfonamides is 1. The molecule has 2 heterocycles. The summed E-state index contributed by atoms with van der Waals surface area (Å²) in [6, 6.07) is 10.9. The van der Waals surface area contributed by atoms with E-state index >= 15 is 0 Å². The maximum absolute atomic E-state index is 12.4. The average molecular weight is 468 g/mol. The van der Waals surface area contributed by atoms with E-state index in [1.807, 2.05) is 12.1 Å². The van der Waals surface area contributed by atoms with Crippen molar-refractivity contribution in [2.75, 3.05) is 32.7 Å². The van der Waals surface area contributed by atoms with E-state index in [-0.39, 0.29) is 28.6 Å². The number of benzene rings is 1. The molecule has 2 aliphatic rings. The summed E-state index contributed by atoms with van der Waals surface area (Å²) in [6.07, 6.45) is 5.02. The van der Waals surface area contributed by atoms with E-state index < -0.39 is 10.0 Å². The van der Waals surface area contributed by atoms with Crippen molar-refractivity contribution >= 4 is 38.9 Å². The molecular formula is C21H26ClN3O3S2. The predicted molar refractivity (Wildman–Crippen MR) is 120 cm³/mol. The van der Waals surface area contributed by atoms with Gasteiger partial charge in [-0.3, -0.25) is 4.79 Å². The van der Waals surface area contributed by atoms with E-state index in [0.29, 0.717) is 9.90 Å². The highest BCUT2D eigenvalue weighted by atomic mass is 35.5. The average Bonchev–Trinajstić information content (AvgIpc) is 3.10. The van der Waals surface area contributed by atoms with E-state index in [4.69, 9.17) is 11.6 Å². The molecule has 30 heavy (non-hydrogen) atoms. The van der Waals surface area contributed by atoms with Crippen molar-refractivity contribution in [1.29, 1.82) is 0 Å². The standard InChI is InChI=1S/C21H26ClN3O3S2/c22-18-7-8-19(29-18)30(27,28)24-12-11-23-20(26)16-3-5-17(6-4-16)21(9-10-21)15-25-13-1-2-14-25/h3-8,24H,1-2,9-15H2,(H,23,26). The number of hydrogen-bond donors (Lipinski definition) is 2. The number of nitrogens with zero attached hydrogens (tertiary/aromatic N) is 1. The van der Waals surface area contributed by atoms with E-state index in [9.17, 15) is 13.2 Å². The number of carbonyl (C=O) groups is 1. The Bertz CT molecular complexity index is 995.